The third-order valence-corrected chi connectivity index (χ3v) is 3.02. The van der Waals surface area contributed by atoms with Crippen LogP contribution in [0, 0.1) is 0 Å². The summed E-state index contributed by atoms with van der Waals surface area (Å²) in [7, 11) is 0. The van der Waals surface area contributed by atoms with Gasteiger partial charge in [0.05, 0.1) is 0 Å². The molecule has 0 aromatic heterocycles. The number of fused-ring (bicyclic) bond motifs is 1. The molecule has 3 nitrogen and oxygen atoms in total. The van der Waals surface area contributed by atoms with Crippen LogP contribution in [-0.4, -0.2) is 18.5 Å². The molecule has 0 radical (unpaired) electrons. The van der Waals surface area contributed by atoms with Gasteiger partial charge >= 0.3 is 6.18 Å². The van der Waals surface area contributed by atoms with E-state index in [9.17, 15) is 13.2 Å². The molecule has 0 saturated carbocycles. The summed E-state index contributed by atoms with van der Waals surface area (Å²) in [5, 5.41) is 0. The Labute approximate surface area is 103 Å². The second-order valence-corrected chi connectivity index (χ2v) is 4.60. The van der Waals surface area contributed by atoms with E-state index in [0.717, 1.165) is 12.5 Å². The van der Waals surface area contributed by atoms with Crippen molar-refractivity contribution in [3.8, 4) is 11.5 Å². The van der Waals surface area contributed by atoms with Gasteiger partial charge in [-0.05, 0) is 37.5 Å². The van der Waals surface area contributed by atoms with Crippen LogP contribution in [0.15, 0.2) is 18.2 Å². The van der Waals surface area contributed by atoms with E-state index in [1.807, 2.05) is 0 Å². The molecular formula is C12H14F3NO2. The van der Waals surface area contributed by atoms with Crippen LogP contribution >= 0.6 is 0 Å². The molecule has 1 heterocycles. The first-order valence-electron chi connectivity index (χ1n) is 5.54. The molecule has 0 bridgehead atoms. The van der Waals surface area contributed by atoms with Crippen molar-refractivity contribution in [2.75, 3.05) is 6.79 Å². The van der Waals surface area contributed by atoms with E-state index in [4.69, 9.17) is 15.2 Å². The molecule has 1 aliphatic heterocycles. The molecule has 1 unspecified atom stereocenters. The zero-order valence-electron chi connectivity index (χ0n) is 9.88. The van der Waals surface area contributed by atoms with Crippen LogP contribution in [0.3, 0.4) is 0 Å². The van der Waals surface area contributed by atoms with Crippen molar-refractivity contribution in [2.24, 2.45) is 5.73 Å². The van der Waals surface area contributed by atoms with E-state index < -0.39 is 11.7 Å². The van der Waals surface area contributed by atoms with Crippen molar-refractivity contribution >= 4 is 0 Å². The van der Waals surface area contributed by atoms with Crippen molar-refractivity contribution in [3.63, 3.8) is 0 Å². The van der Waals surface area contributed by atoms with E-state index in [1.54, 1.807) is 18.2 Å². The number of benzene rings is 1. The number of hydrogen-bond acceptors (Lipinski definition) is 3. The fourth-order valence-corrected chi connectivity index (χ4v) is 1.64. The topological polar surface area (TPSA) is 44.5 Å². The highest BCUT2D eigenvalue weighted by atomic mass is 19.4. The Morgan fingerprint density at radius 2 is 1.89 bits per heavy atom. The van der Waals surface area contributed by atoms with Gasteiger partial charge in [0.2, 0.25) is 6.79 Å². The number of hydrogen-bond donors (Lipinski definition) is 1. The van der Waals surface area contributed by atoms with Crippen LogP contribution in [-0.2, 0) is 6.42 Å². The van der Waals surface area contributed by atoms with E-state index in [1.165, 1.54) is 0 Å². The number of ether oxygens (including phenoxy) is 2. The normalized spacial score (nSPS) is 17.6. The summed E-state index contributed by atoms with van der Waals surface area (Å²) in [6, 6.07) is 5.11. The summed E-state index contributed by atoms with van der Waals surface area (Å²) < 4.78 is 48.0. The third kappa shape index (κ3) is 2.53. The molecule has 0 saturated heterocycles. The Balaban J connectivity index is 2.03. The highest BCUT2D eigenvalue weighted by molar-refractivity contribution is 5.44. The minimum absolute atomic E-state index is 0.149. The van der Waals surface area contributed by atoms with Gasteiger partial charge in [-0.2, -0.15) is 13.2 Å². The molecule has 1 atom stereocenters. The predicted molar refractivity (Wildman–Crippen MR) is 59.5 cm³/mol. The summed E-state index contributed by atoms with van der Waals surface area (Å²) in [6.45, 7) is 1.15. The van der Waals surface area contributed by atoms with E-state index in [-0.39, 0.29) is 19.6 Å². The fraction of sp³-hybridized carbons (Fsp3) is 0.500. The lowest BCUT2D eigenvalue weighted by Gasteiger charge is -2.27. The van der Waals surface area contributed by atoms with Crippen molar-refractivity contribution < 1.29 is 22.6 Å². The van der Waals surface area contributed by atoms with Gasteiger partial charge in [-0.1, -0.05) is 6.07 Å². The van der Waals surface area contributed by atoms with Crippen LogP contribution in [0.4, 0.5) is 13.2 Å². The maximum atomic E-state index is 12.6. The summed E-state index contributed by atoms with van der Waals surface area (Å²) >= 11 is 0. The van der Waals surface area contributed by atoms with E-state index >= 15 is 0 Å². The average Bonchev–Trinajstić information content (AvgIpc) is 2.71. The lowest BCUT2D eigenvalue weighted by atomic mass is 9.93. The fourth-order valence-electron chi connectivity index (χ4n) is 1.64. The first-order valence-corrected chi connectivity index (χ1v) is 5.54. The van der Waals surface area contributed by atoms with E-state index in [2.05, 4.69) is 0 Å². The lowest BCUT2D eigenvalue weighted by molar-refractivity contribution is -0.182. The standard InChI is InChI=1S/C12H14F3NO2/c1-11(16,12(13,14)15)5-4-8-2-3-9-10(6-8)18-7-17-9/h2-3,6H,4-5,7,16H2,1H3. The molecule has 1 aromatic rings. The van der Waals surface area contributed by atoms with Gasteiger partial charge in [0.1, 0.15) is 5.54 Å². The Morgan fingerprint density at radius 1 is 1.22 bits per heavy atom. The Kier molecular flexibility index (Phi) is 3.14. The van der Waals surface area contributed by atoms with Crippen LogP contribution in [0.5, 0.6) is 11.5 Å². The molecule has 100 valence electrons. The minimum atomic E-state index is -4.40. The predicted octanol–water partition coefficient (Wildman–Crippen LogP) is 2.63. The van der Waals surface area contributed by atoms with E-state index in [0.29, 0.717) is 11.5 Å². The SMILES string of the molecule is CC(N)(CCc1ccc2c(c1)OCO2)C(F)(F)F. The monoisotopic (exact) mass is 261 g/mol. The second kappa shape index (κ2) is 4.35. The van der Waals surface area contributed by atoms with Gasteiger partial charge in [0.25, 0.3) is 0 Å². The van der Waals surface area contributed by atoms with Gasteiger partial charge in [0.15, 0.2) is 11.5 Å². The first kappa shape index (κ1) is 13.0. The number of aryl methyl sites for hydroxylation is 1. The highest BCUT2D eigenvalue weighted by Gasteiger charge is 2.47. The number of halogens is 3. The van der Waals surface area contributed by atoms with Gasteiger partial charge in [-0.15, -0.1) is 0 Å². The largest absolute Gasteiger partial charge is 0.454 e. The Bertz CT molecular complexity index is 443. The number of nitrogens with two attached hydrogens (primary N) is 1. The summed E-state index contributed by atoms with van der Waals surface area (Å²) in [6.07, 6.45) is -4.33. The highest BCUT2D eigenvalue weighted by Crippen LogP contribution is 2.35. The Morgan fingerprint density at radius 3 is 2.56 bits per heavy atom. The second-order valence-electron chi connectivity index (χ2n) is 4.60. The van der Waals surface area contributed by atoms with Crippen molar-refractivity contribution in [1.82, 2.24) is 0 Å². The molecule has 0 aliphatic carbocycles. The minimum Gasteiger partial charge on any atom is -0.454 e. The molecule has 0 spiro atoms. The molecule has 0 amide bonds. The third-order valence-electron chi connectivity index (χ3n) is 3.02. The summed E-state index contributed by atoms with van der Waals surface area (Å²) in [5.41, 5.74) is 3.85. The van der Waals surface area contributed by atoms with Crippen molar-refractivity contribution in [2.45, 2.75) is 31.5 Å². The lowest BCUT2D eigenvalue weighted by Crippen LogP contribution is -2.50. The number of alkyl halides is 3. The molecule has 6 heteroatoms. The Hall–Kier alpha value is -1.43. The molecule has 0 fully saturated rings. The van der Waals surface area contributed by atoms with Gasteiger partial charge in [-0.3, -0.25) is 0 Å². The molecule has 18 heavy (non-hydrogen) atoms. The average molecular weight is 261 g/mol. The van der Waals surface area contributed by atoms with Crippen LogP contribution in [0.25, 0.3) is 0 Å². The zero-order valence-corrected chi connectivity index (χ0v) is 9.88. The summed E-state index contributed by atoms with van der Waals surface area (Å²) in [5.74, 6) is 1.18. The van der Waals surface area contributed by atoms with Crippen molar-refractivity contribution in [1.29, 1.82) is 0 Å². The van der Waals surface area contributed by atoms with Crippen LogP contribution in [0.1, 0.15) is 18.9 Å². The molecule has 1 aromatic carbocycles. The smallest absolute Gasteiger partial charge is 0.406 e. The quantitative estimate of drug-likeness (QED) is 0.909. The molecular weight excluding hydrogens is 247 g/mol. The van der Waals surface area contributed by atoms with Crippen LogP contribution in [0.2, 0.25) is 0 Å². The molecule has 1 aliphatic rings. The first-order chi connectivity index (χ1) is 8.29. The maximum Gasteiger partial charge on any atom is 0.406 e. The molecule has 2 rings (SSSR count). The van der Waals surface area contributed by atoms with Crippen molar-refractivity contribution in [3.05, 3.63) is 23.8 Å². The van der Waals surface area contributed by atoms with Gasteiger partial charge in [-0.25, -0.2) is 0 Å². The maximum absolute atomic E-state index is 12.6. The van der Waals surface area contributed by atoms with Crippen LogP contribution < -0.4 is 15.2 Å². The van der Waals surface area contributed by atoms with Gasteiger partial charge < -0.3 is 15.2 Å². The zero-order chi connectivity index (χ0) is 13.4. The summed E-state index contributed by atoms with van der Waals surface area (Å²) in [4.78, 5) is 0. The molecule has 2 N–H and O–H groups in total. The van der Waals surface area contributed by atoms with Gasteiger partial charge in [0, 0.05) is 0 Å². The number of rotatable bonds is 3.